The quantitative estimate of drug-likeness (QED) is 0.832. The van der Waals surface area contributed by atoms with Crippen molar-refractivity contribution in [2.75, 3.05) is 19.8 Å². The van der Waals surface area contributed by atoms with Crippen molar-refractivity contribution in [3.05, 3.63) is 0 Å². The number of halogens is 3. The van der Waals surface area contributed by atoms with Crippen LogP contribution >= 0.6 is 0 Å². The number of hydrogen-bond acceptors (Lipinski definition) is 2. The molecule has 2 aliphatic rings. The molecular weight excluding hydrogens is 231 g/mol. The smallest absolute Gasteiger partial charge is 0.381 e. The van der Waals surface area contributed by atoms with Gasteiger partial charge in [-0.05, 0) is 31.1 Å². The van der Waals surface area contributed by atoms with Gasteiger partial charge in [-0.1, -0.05) is 6.42 Å². The molecule has 0 amide bonds. The van der Waals surface area contributed by atoms with Crippen molar-refractivity contribution in [2.24, 2.45) is 5.41 Å². The summed E-state index contributed by atoms with van der Waals surface area (Å²) in [5.74, 6) is 0. The third-order valence-corrected chi connectivity index (χ3v) is 4.19. The molecule has 2 rings (SSSR count). The molecule has 1 N–H and O–H groups in total. The Bertz CT molecular complexity index is 249. The highest BCUT2D eigenvalue weighted by Crippen LogP contribution is 2.45. The Morgan fingerprint density at radius 1 is 1.18 bits per heavy atom. The summed E-state index contributed by atoms with van der Waals surface area (Å²) < 4.78 is 41.7. The summed E-state index contributed by atoms with van der Waals surface area (Å²) in [5.41, 5.74) is 0.212. The zero-order valence-electron chi connectivity index (χ0n) is 9.98. The van der Waals surface area contributed by atoms with Gasteiger partial charge in [0.15, 0.2) is 0 Å². The average molecular weight is 251 g/mol. The normalized spacial score (nSPS) is 28.8. The van der Waals surface area contributed by atoms with Crippen LogP contribution in [0, 0.1) is 5.41 Å². The Labute approximate surface area is 99.9 Å². The highest BCUT2D eigenvalue weighted by atomic mass is 19.4. The van der Waals surface area contributed by atoms with Crippen molar-refractivity contribution in [2.45, 2.75) is 50.7 Å². The summed E-state index contributed by atoms with van der Waals surface area (Å²) in [6.07, 6.45) is 0.499. The molecule has 1 spiro atoms. The maximum absolute atomic E-state index is 12.1. The summed E-state index contributed by atoms with van der Waals surface area (Å²) in [6, 6.07) is 0.258. The topological polar surface area (TPSA) is 21.3 Å². The third-order valence-electron chi connectivity index (χ3n) is 4.19. The molecule has 0 aromatic rings. The van der Waals surface area contributed by atoms with E-state index in [2.05, 4.69) is 5.32 Å². The lowest BCUT2D eigenvalue weighted by atomic mass is 9.75. The second kappa shape index (κ2) is 5.14. The minimum absolute atomic E-state index is 0.0524. The highest BCUT2D eigenvalue weighted by Gasteiger charge is 2.43. The van der Waals surface area contributed by atoms with Gasteiger partial charge in [-0.3, -0.25) is 0 Å². The van der Waals surface area contributed by atoms with Gasteiger partial charge in [-0.15, -0.1) is 0 Å². The number of nitrogens with one attached hydrogen (secondary N) is 1. The van der Waals surface area contributed by atoms with Crippen LogP contribution in [-0.4, -0.2) is 32.0 Å². The van der Waals surface area contributed by atoms with Gasteiger partial charge in [0.1, 0.15) is 0 Å². The summed E-state index contributed by atoms with van der Waals surface area (Å²) in [7, 11) is 0. The molecule has 1 heterocycles. The summed E-state index contributed by atoms with van der Waals surface area (Å²) in [4.78, 5) is 0. The van der Waals surface area contributed by atoms with Crippen LogP contribution in [0.5, 0.6) is 0 Å². The van der Waals surface area contributed by atoms with Crippen LogP contribution in [0.2, 0.25) is 0 Å². The number of ether oxygens (including phenoxy) is 1. The first-order valence-electron chi connectivity index (χ1n) is 6.40. The Balaban J connectivity index is 1.83. The molecule has 2 nitrogen and oxygen atoms in total. The second-order valence-corrected chi connectivity index (χ2v) is 5.24. The minimum Gasteiger partial charge on any atom is -0.381 e. The highest BCUT2D eigenvalue weighted by molar-refractivity contribution is 4.97. The number of hydrogen-bond donors (Lipinski definition) is 1. The Hall–Kier alpha value is -0.290. The Morgan fingerprint density at radius 3 is 2.53 bits per heavy atom. The van der Waals surface area contributed by atoms with E-state index in [1.807, 2.05) is 0 Å². The molecular formula is C12H20F3NO. The largest absolute Gasteiger partial charge is 0.390 e. The monoisotopic (exact) mass is 251 g/mol. The molecule has 0 aromatic carbocycles. The standard InChI is InChI=1S/C12H20F3NO/c13-12(14,15)4-7-16-10-2-1-3-11(10)5-8-17-9-6-11/h10,16H,1-9H2. The molecule has 2 fully saturated rings. The van der Waals surface area contributed by atoms with Crippen LogP contribution in [0.15, 0.2) is 0 Å². The Kier molecular flexibility index (Phi) is 3.98. The molecule has 0 bridgehead atoms. The van der Waals surface area contributed by atoms with E-state index in [0.717, 1.165) is 45.3 Å². The lowest BCUT2D eigenvalue weighted by molar-refractivity contribution is -0.134. The van der Waals surface area contributed by atoms with E-state index in [9.17, 15) is 13.2 Å². The molecule has 1 atom stereocenters. The van der Waals surface area contributed by atoms with Gasteiger partial charge in [0.25, 0.3) is 0 Å². The van der Waals surface area contributed by atoms with Crippen LogP contribution in [-0.2, 0) is 4.74 Å². The molecule has 0 aromatic heterocycles. The van der Waals surface area contributed by atoms with Gasteiger partial charge in [0.2, 0.25) is 0 Å². The van der Waals surface area contributed by atoms with Crippen molar-refractivity contribution in [1.29, 1.82) is 0 Å². The number of rotatable bonds is 3. The summed E-state index contributed by atoms with van der Waals surface area (Å²) in [6.45, 7) is 1.58. The molecule has 1 aliphatic heterocycles. The zero-order valence-corrected chi connectivity index (χ0v) is 9.98. The summed E-state index contributed by atoms with van der Waals surface area (Å²) in [5, 5.41) is 3.12. The number of alkyl halides is 3. The van der Waals surface area contributed by atoms with Crippen molar-refractivity contribution < 1.29 is 17.9 Å². The van der Waals surface area contributed by atoms with E-state index in [-0.39, 0.29) is 18.0 Å². The SMILES string of the molecule is FC(F)(F)CCNC1CCCC12CCOCC2. The molecule has 100 valence electrons. The van der Waals surface area contributed by atoms with E-state index in [4.69, 9.17) is 4.74 Å². The van der Waals surface area contributed by atoms with Crippen LogP contribution in [0.25, 0.3) is 0 Å². The van der Waals surface area contributed by atoms with Crippen LogP contribution in [0.4, 0.5) is 13.2 Å². The van der Waals surface area contributed by atoms with Gasteiger partial charge in [-0.25, -0.2) is 0 Å². The molecule has 1 saturated heterocycles. The van der Waals surface area contributed by atoms with E-state index in [1.165, 1.54) is 0 Å². The molecule has 0 radical (unpaired) electrons. The van der Waals surface area contributed by atoms with E-state index < -0.39 is 12.6 Å². The van der Waals surface area contributed by atoms with Gasteiger partial charge in [-0.2, -0.15) is 13.2 Å². The molecule has 1 aliphatic carbocycles. The van der Waals surface area contributed by atoms with Crippen molar-refractivity contribution in [1.82, 2.24) is 5.32 Å². The van der Waals surface area contributed by atoms with Crippen LogP contribution < -0.4 is 5.32 Å². The van der Waals surface area contributed by atoms with Crippen molar-refractivity contribution in [3.8, 4) is 0 Å². The predicted octanol–water partition coefficient (Wildman–Crippen LogP) is 2.88. The lowest BCUT2D eigenvalue weighted by Gasteiger charge is -2.39. The maximum atomic E-state index is 12.1. The first-order valence-corrected chi connectivity index (χ1v) is 6.40. The first kappa shape index (κ1) is 13.1. The van der Waals surface area contributed by atoms with Crippen LogP contribution in [0.3, 0.4) is 0 Å². The van der Waals surface area contributed by atoms with Crippen LogP contribution in [0.1, 0.15) is 38.5 Å². The van der Waals surface area contributed by atoms with Crippen molar-refractivity contribution >= 4 is 0 Å². The van der Waals surface area contributed by atoms with E-state index in [0.29, 0.717) is 0 Å². The fourth-order valence-electron chi connectivity index (χ4n) is 3.22. The van der Waals surface area contributed by atoms with Crippen molar-refractivity contribution in [3.63, 3.8) is 0 Å². The second-order valence-electron chi connectivity index (χ2n) is 5.24. The maximum Gasteiger partial charge on any atom is 0.390 e. The average Bonchev–Trinajstić information content (AvgIpc) is 2.61. The zero-order chi connectivity index (χ0) is 12.4. The van der Waals surface area contributed by atoms with Gasteiger partial charge >= 0.3 is 6.18 Å². The minimum atomic E-state index is -4.05. The van der Waals surface area contributed by atoms with E-state index in [1.54, 1.807) is 0 Å². The summed E-state index contributed by atoms with van der Waals surface area (Å²) >= 11 is 0. The third kappa shape index (κ3) is 3.35. The van der Waals surface area contributed by atoms with Gasteiger partial charge in [0.05, 0.1) is 6.42 Å². The molecule has 1 unspecified atom stereocenters. The Morgan fingerprint density at radius 2 is 1.88 bits per heavy atom. The molecule has 1 saturated carbocycles. The lowest BCUT2D eigenvalue weighted by Crippen LogP contribution is -2.45. The molecule has 17 heavy (non-hydrogen) atoms. The fraction of sp³-hybridized carbons (Fsp3) is 1.00. The van der Waals surface area contributed by atoms with Gasteiger partial charge in [0, 0.05) is 25.8 Å². The fourth-order valence-corrected chi connectivity index (χ4v) is 3.22. The van der Waals surface area contributed by atoms with Gasteiger partial charge < -0.3 is 10.1 Å². The first-order chi connectivity index (χ1) is 8.02. The van der Waals surface area contributed by atoms with E-state index >= 15 is 0 Å². The predicted molar refractivity (Wildman–Crippen MR) is 58.8 cm³/mol. The molecule has 5 heteroatoms.